The predicted molar refractivity (Wildman–Crippen MR) is 151 cm³/mol. The van der Waals surface area contributed by atoms with Gasteiger partial charge >= 0.3 is 0 Å². The maximum absolute atomic E-state index is 13.5. The van der Waals surface area contributed by atoms with E-state index in [-0.39, 0.29) is 48.4 Å². The van der Waals surface area contributed by atoms with Crippen LogP contribution in [0, 0.1) is 20.2 Å². The van der Waals surface area contributed by atoms with Crippen LogP contribution in [0.3, 0.4) is 0 Å². The van der Waals surface area contributed by atoms with E-state index >= 15 is 0 Å². The average molecular weight is 612 g/mol. The molecule has 0 spiro atoms. The molecule has 16 heteroatoms. The number of nitrogens with zero attached hydrogens (tertiary/aromatic N) is 5. The summed E-state index contributed by atoms with van der Waals surface area (Å²) in [6.45, 7) is 7.74. The van der Waals surface area contributed by atoms with Crippen molar-refractivity contribution in [3.63, 3.8) is 0 Å². The molecule has 0 saturated carbocycles. The summed E-state index contributed by atoms with van der Waals surface area (Å²) in [5.74, 6) is 0. The molecule has 0 fully saturated rings. The molecule has 41 heavy (non-hydrogen) atoms. The topological polar surface area (TPSA) is 194 Å². The second kappa shape index (κ2) is 12.6. The van der Waals surface area contributed by atoms with E-state index < -0.39 is 56.8 Å². The number of fused-ring (bicyclic) bond motifs is 3. The third kappa shape index (κ3) is 5.82. The summed E-state index contributed by atoms with van der Waals surface area (Å²) < 4.78 is 56.4. The number of nitro groups is 2. The summed E-state index contributed by atoms with van der Waals surface area (Å²) in [4.78, 5) is 21.8. The lowest BCUT2D eigenvalue weighted by Gasteiger charge is -2.21. The van der Waals surface area contributed by atoms with Crippen molar-refractivity contribution in [1.29, 1.82) is 0 Å². The fraction of sp³-hybridized carbons (Fsp3) is 0.480. The van der Waals surface area contributed by atoms with Crippen LogP contribution in [0.25, 0.3) is 11.1 Å². The highest BCUT2D eigenvalue weighted by Gasteiger charge is 2.42. The molecule has 0 radical (unpaired) electrons. The Morgan fingerprint density at radius 1 is 0.683 bits per heavy atom. The van der Waals surface area contributed by atoms with Gasteiger partial charge in [0.15, 0.2) is 0 Å². The predicted octanol–water partition coefficient (Wildman–Crippen LogP) is 4.33. The summed E-state index contributed by atoms with van der Waals surface area (Å²) in [6, 6.07) is 3.80. The summed E-state index contributed by atoms with van der Waals surface area (Å²) in [5.41, 5.74) is -3.06. The Morgan fingerprint density at radius 3 is 1.24 bits per heavy atom. The fourth-order valence-electron chi connectivity index (χ4n) is 4.94. The van der Waals surface area contributed by atoms with Gasteiger partial charge in [-0.05, 0) is 37.8 Å². The molecule has 2 aromatic carbocycles. The lowest BCUT2D eigenvalue weighted by molar-refractivity contribution is -0.386. The lowest BCUT2D eigenvalue weighted by Crippen LogP contribution is -2.32. The van der Waals surface area contributed by atoms with E-state index in [0.29, 0.717) is 25.7 Å². The molecule has 1 N–H and O–H groups in total. The standard InChI is InChI=1S/C25H33N5O9S2/c1-5-9-27(10-6-2)40(36,37)17-13-19-23(21(15-17)29(32)33)24-20(25(19)26-31)14-18(16-22(24)30(34)35)41(38,39)28(11-7-3)12-8-4/h13-16,31H,5-12H2,1-4H3. The Morgan fingerprint density at radius 2 is 1.00 bits per heavy atom. The first kappa shape index (κ1) is 32.0. The van der Waals surface area contributed by atoms with Crippen LogP contribution in [0.2, 0.25) is 0 Å². The lowest BCUT2D eigenvalue weighted by atomic mass is 10.0. The van der Waals surface area contributed by atoms with E-state index in [0.717, 1.165) is 24.3 Å². The van der Waals surface area contributed by atoms with Gasteiger partial charge in [-0.1, -0.05) is 32.9 Å². The Bertz CT molecular complexity index is 1480. The highest BCUT2D eigenvalue weighted by molar-refractivity contribution is 7.89. The van der Waals surface area contributed by atoms with Crippen molar-refractivity contribution in [2.24, 2.45) is 5.16 Å². The SMILES string of the molecule is CCCN(CCC)S(=O)(=O)c1cc2c(c([N+](=O)[O-])c1)-c1c(cc(S(=O)(=O)N(CCC)CCC)cc1[N+](=O)[O-])C2=NO. The fourth-order valence-corrected chi connectivity index (χ4v) is 8.28. The normalized spacial score (nSPS) is 13.0. The first-order valence-electron chi connectivity index (χ1n) is 13.2. The molecule has 0 aromatic heterocycles. The molecule has 224 valence electrons. The van der Waals surface area contributed by atoms with Crippen LogP contribution in [-0.4, -0.2) is 72.4 Å². The smallest absolute Gasteiger partial charge is 0.279 e. The molecule has 1 aliphatic rings. The second-order valence-electron chi connectivity index (χ2n) is 9.50. The van der Waals surface area contributed by atoms with Gasteiger partial charge in [0.25, 0.3) is 11.4 Å². The molecule has 3 rings (SSSR count). The molecular weight excluding hydrogens is 578 g/mol. The van der Waals surface area contributed by atoms with Crippen molar-refractivity contribution >= 4 is 37.1 Å². The third-order valence-electron chi connectivity index (χ3n) is 6.60. The molecule has 0 aliphatic heterocycles. The minimum absolute atomic E-state index is 0.154. The number of oxime groups is 1. The van der Waals surface area contributed by atoms with Crippen LogP contribution < -0.4 is 0 Å². The molecule has 0 unspecified atom stereocenters. The summed E-state index contributed by atoms with van der Waals surface area (Å²) in [6.07, 6.45) is 1.93. The average Bonchev–Trinajstić information content (AvgIpc) is 3.24. The highest BCUT2D eigenvalue weighted by Crippen LogP contribution is 2.49. The number of hydrogen-bond acceptors (Lipinski definition) is 10. The van der Waals surface area contributed by atoms with E-state index in [9.17, 15) is 42.3 Å². The number of sulfonamides is 2. The number of nitro benzene ring substituents is 2. The van der Waals surface area contributed by atoms with Gasteiger partial charge in [-0.15, -0.1) is 0 Å². The van der Waals surface area contributed by atoms with Crippen molar-refractivity contribution in [2.45, 2.75) is 63.2 Å². The molecule has 2 aromatic rings. The van der Waals surface area contributed by atoms with Crippen molar-refractivity contribution in [3.05, 3.63) is 55.6 Å². The molecule has 0 amide bonds. The zero-order valence-electron chi connectivity index (χ0n) is 23.2. The van der Waals surface area contributed by atoms with Gasteiger partial charge < -0.3 is 5.21 Å². The molecular formula is C25H33N5O9S2. The molecule has 0 bridgehead atoms. The molecule has 1 aliphatic carbocycles. The van der Waals surface area contributed by atoms with Crippen molar-refractivity contribution in [2.75, 3.05) is 26.2 Å². The van der Waals surface area contributed by atoms with Crippen LogP contribution in [-0.2, 0) is 20.0 Å². The number of rotatable bonds is 14. The third-order valence-corrected chi connectivity index (χ3v) is 10.4. The highest BCUT2D eigenvalue weighted by atomic mass is 32.2. The van der Waals surface area contributed by atoms with Crippen molar-refractivity contribution in [3.8, 4) is 11.1 Å². The minimum atomic E-state index is -4.25. The molecule has 0 heterocycles. The first-order valence-corrected chi connectivity index (χ1v) is 16.1. The second-order valence-corrected chi connectivity index (χ2v) is 13.4. The van der Waals surface area contributed by atoms with Gasteiger partial charge in [0.2, 0.25) is 20.0 Å². The number of hydrogen-bond donors (Lipinski definition) is 1. The maximum atomic E-state index is 13.5. The van der Waals surface area contributed by atoms with Crippen LogP contribution in [0.5, 0.6) is 0 Å². The minimum Gasteiger partial charge on any atom is -0.410 e. The van der Waals surface area contributed by atoms with Gasteiger partial charge in [-0.25, -0.2) is 16.8 Å². The zero-order chi connectivity index (χ0) is 30.7. The summed E-state index contributed by atoms with van der Waals surface area (Å²) in [7, 11) is -8.50. The Balaban J connectivity index is 2.40. The molecule has 0 saturated heterocycles. The van der Waals surface area contributed by atoms with Gasteiger partial charge in [0, 0.05) is 49.4 Å². The Hall–Kier alpha value is -3.47. The van der Waals surface area contributed by atoms with Crippen LogP contribution in [0.15, 0.2) is 39.2 Å². The van der Waals surface area contributed by atoms with Gasteiger partial charge in [0.1, 0.15) is 5.71 Å². The van der Waals surface area contributed by atoms with E-state index in [2.05, 4.69) is 5.16 Å². The van der Waals surface area contributed by atoms with Gasteiger partial charge in [-0.2, -0.15) is 8.61 Å². The largest absolute Gasteiger partial charge is 0.410 e. The first-order chi connectivity index (χ1) is 19.3. The van der Waals surface area contributed by atoms with Gasteiger partial charge in [-0.3, -0.25) is 20.2 Å². The van der Waals surface area contributed by atoms with E-state index in [1.54, 1.807) is 27.7 Å². The van der Waals surface area contributed by atoms with E-state index in [1.807, 2.05) is 0 Å². The van der Waals surface area contributed by atoms with Crippen molar-refractivity contribution < 1.29 is 31.9 Å². The van der Waals surface area contributed by atoms with Gasteiger partial charge in [0.05, 0.1) is 30.8 Å². The number of benzene rings is 2. The maximum Gasteiger partial charge on any atom is 0.279 e. The van der Waals surface area contributed by atoms with Crippen LogP contribution in [0.4, 0.5) is 11.4 Å². The van der Waals surface area contributed by atoms with Crippen molar-refractivity contribution in [1.82, 2.24) is 8.61 Å². The van der Waals surface area contributed by atoms with E-state index in [4.69, 9.17) is 0 Å². The van der Waals surface area contributed by atoms with Crippen LogP contribution in [0.1, 0.15) is 64.5 Å². The van der Waals surface area contributed by atoms with Crippen LogP contribution >= 0.6 is 0 Å². The quantitative estimate of drug-likeness (QED) is 0.157. The molecule has 0 atom stereocenters. The zero-order valence-corrected chi connectivity index (χ0v) is 24.9. The Kier molecular flexibility index (Phi) is 9.84. The monoisotopic (exact) mass is 611 g/mol. The molecule has 14 nitrogen and oxygen atoms in total. The summed E-state index contributed by atoms with van der Waals surface area (Å²) in [5, 5.41) is 37.7. The summed E-state index contributed by atoms with van der Waals surface area (Å²) >= 11 is 0. The Labute approximate surface area is 238 Å². The van der Waals surface area contributed by atoms with E-state index in [1.165, 1.54) is 8.61 Å².